The number of fused-ring (bicyclic) bond motifs is 1. The molecule has 8 heteroatoms. The molecular weight excluding hydrogens is 350 g/mol. The Balaban J connectivity index is 1.76. The molecule has 2 aromatic rings. The maximum Gasteiger partial charge on any atom is 0.246 e. The topological polar surface area (TPSA) is 84.4 Å². The second kappa shape index (κ2) is 8.70. The van der Waals surface area contributed by atoms with Crippen LogP contribution < -0.4 is 19.3 Å². The molecule has 0 radical (unpaired) electrons. The maximum atomic E-state index is 12.4. The number of hydrogen-bond donors (Lipinski definition) is 1. The molecular formula is C19H23N3O5. The van der Waals surface area contributed by atoms with Gasteiger partial charge in [0.1, 0.15) is 18.9 Å². The lowest BCUT2D eigenvalue weighted by atomic mass is 10.1. The largest absolute Gasteiger partial charge is 0.491 e. The van der Waals surface area contributed by atoms with E-state index in [4.69, 9.17) is 19.3 Å². The number of likely N-dealkylation sites (N-methyl/N-ethyl adjacent to an activating group) is 1. The van der Waals surface area contributed by atoms with E-state index < -0.39 is 0 Å². The molecule has 0 atom stereocenters. The third-order valence-corrected chi connectivity index (χ3v) is 4.25. The number of anilines is 3. The predicted octanol–water partition coefficient (Wildman–Crippen LogP) is 1.59. The third kappa shape index (κ3) is 4.29. The van der Waals surface area contributed by atoms with Gasteiger partial charge in [0, 0.05) is 18.8 Å². The summed E-state index contributed by atoms with van der Waals surface area (Å²) in [5.74, 6) is 1.18. The van der Waals surface area contributed by atoms with E-state index in [0.29, 0.717) is 31.5 Å². The van der Waals surface area contributed by atoms with Crippen LogP contribution >= 0.6 is 0 Å². The van der Waals surface area contributed by atoms with Crippen LogP contribution in [0.5, 0.6) is 11.6 Å². The summed E-state index contributed by atoms with van der Waals surface area (Å²) in [5, 5.41) is 8.67. The van der Waals surface area contributed by atoms with E-state index in [1.807, 2.05) is 35.2 Å². The third-order valence-electron chi connectivity index (χ3n) is 4.25. The molecule has 0 aliphatic carbocycles. The first-order valence-corrected chi connectivity index (χ1v) is 8.63. The highest BCUT2D eigenvalue weighted by molar-refractivity contribution is 6.04. The fourth-order valence-electron chi connectivity index (χ4n) is 2.80. The van der Waals surface area contributed by atoms with Crippen molar-refractivity contribution in [1.82, 2.24) is 4.98 Å². The average molecular weight is 373 g/mol. The first kappa shape index (κ1) is 18.9. The molecule has 0 unspecified atom stereocenters. The van der Waals surface area contributed by atoms with E-state index in [1.54, 1.807) is 25.3 Å². The van der Waals surface area contributed by atoms with Gasteiger partial charge < -0.3 is 29.1 Å². The fraction of sp³-hybridized carbons (Fsp3) is 0.368. The van der Waals surface area contributed by atoms with Gasteiger partial charge in [-0.05, 0) is 24.3 Å². The number of ether oxygens (including phenoxy) is 3. The minimum atomic E-state index is -0.0178. The summed E-state index contributed by atoms with van der Waals surface area (Å²) in [6.07, 6.45) is 1.64. The summed E-state index contributed by atoms with van der Waals surface area (Å²) in [6, 6.07) is 9.32. The number of benzene rings is 1. The highest BCUT2D eigenvalue weighted by Crippen LogP contribution is 2.39. The molecule has 27 heavy (non-hydrogen) atoms. The molecule has 0 fully saturated rings. The van der Waals surface area contributed by atoms with Crippen molar-refractivity contribution in [2.75, 3.05) is 56.9 Å². The number of methoxy groups -OCH3 is 1. The highest BCUT2D eigenvalue weighted by Gasteiger charge is 2.28. The number of amides is 1. The Bertz CT molecular complexity index is 781. The number of aromatic nitrogens is 1. The Hall–Kier alpha value is -2.84. The summed E-state index contributed by atoms with van der Waals surface area (Å²) in [4.78, 5) is 20.1. The van der Waals surface area contributed by atoms with Gasteiger partial charge in [-0.15, -0.1) is 0 Å². The number of hydrogen-bond acceptors (Lipinski definition) is 7. The Morgan fingerprint density at radius 3 is 2.63 bits per heavy atom. The molecule has 0 saturated heterocycles. The molecule has 144 valence electrons. The van der Waals surface area contributed by atoms with Crippen molar-refractivity contribution in [1.29, 1.82) is 0 Å². The first-order chi connectivity index (χ1) is 13.1. The van der Waals surface area contributed by atoms with Crippen molar-refractivity contribution in [3.63, 3.8) is 0 Å². The van der Waals surface area contributed by atoms with E-state index in [1.165, 1.54) is 0 Å². The van der Waals surface area contributed by atoms with Gasteiger partial charge in [-0.1, -0.05) is 0 Å². The lowest BCUT2D eigenvalue weighted by molar-refractivity contribution is -0.117. The summed E-state index contributed by atoms with van der Waals surface area (Å²) in [5.41, 5.74) is 2.46. The summed E-state index contributed by atoms with van der Waals surface area (Å²) in [6.45, 7) is 1.34. The van der Waals surface area contributed by atoms with Gasteiger partial charge in [-0.25, -0.2) is 4.98 Å². The Labute approximate surface area is 157 Å². The number of rotatable bonds is 8. The molecule has 0 saturated carbocycles. The van der Waals surface area contributed by atoms with Gasteiger partial charge in [-0.2, -0.15) is 0 Å². The molecule has 2 heterocycles. The van der Waals surface area contributed by atoms with Gasteiger partial charge in [0.2, 0.25) is 11.8 Å². The summed E-state index contributed by atoms with van der Waals surface area (Å²) < 4.78 is 16.0. The van der Waals surface area contributed by atoms with Crippen molar-refractivity contribution in [2.45, 2.75) is 0 Å². The van der Waals surface area contributed by atoms with Gasteiger partial charge in [-0.3, -0.25) is 4.79 Å². The lowest BCUT2D eigenvalue weighted by Crippen LogP contribution is -2.41. The van der Waals surface area contributed by atoms with Gasteiger partial charge in [0.25, 0.3) is 0 Å². The fourth-order valence-corrected chi connectivity index (χ4v) is 2.80. The van der Waals surface area contributed by atoms with E-state index >= 15 is 0 Å². The molecule has 0 bridgehead atoms. The second-order valence-electron chi connectivity index (χ2n) is 5.93. The van der Waals surface area contributed by atoms with E-state index in [-0.39, 0.29) is 19.1 Å². The van der Waals surface area contributed by atoms with Crippen molar-refractivity contribution in [2.24, 2.45) is 0 Å². The van der Waals surface area contributed by atoms with Gasteiger partial charge in [0.05, 0.1) is 44.5 Å². The molecule has 1 aliphatic rings. The summed E-state index contributed by atoms with van der Waals surface area (Å²) in [7, 11) is 3.30. The predicted molar refractivity (Wildman–Crippen MR) is 101 cm³/mol. The molecule has 1 aliphatic heterocycles. The van der Waals surface area contributed by atoms with Crippen LogP contribution in [-0.2, 0) is 9.53 Å². The minimum absolute atomic E-state index is 0.000218. The van der Waals surface area contributed by atoms with Crippen LogP contribution in [0.2, 0.25) is 0 Å². The zero-order valence-corrected chi connectivity index (χ0v) is 15.4. The molecule has 3 rings (SSSR count). The van der Waals surface area contributed by atoms with Crippen LogP contribution in [0.4, 0.5) is 17.1 Å². The smallest absolute Gasteiger partial charge is 0.246 e. The van der Waals surface area contributed by atoms with Crippen LogP contribution in [0.3, 0.4) is 0 Å². The Kier molecular flexibility index (Phi) is 6.10. The standard InChI is InChI=1S/C19H23N3O5/c1-21-17-12-20-18(25-2)11-16(17)22(13-19(21)24)14-3-5-15(6-4-14)27-10-9-26-8-7-23/h3-6,11-12,23H,7-10,13H2,1-2H3. The second-order valence-corrected chi connectivity index (χ2v) is 5.93. The lowest BCUT2D eigenvalue weighted by Gasteiger charge is -2.35. The number of aliphatic hydroxyl groups excluding tert-OH is 1. The van der Waals surface area contributed by atoms with Crippen molar-refractivity contribution >= 4 is 23.0 Å². The zero-order chi connectivity index (χ0) is 19.2. The van der Waals surface area contributed by atoms with E-state index in [0.717, 1.165) is 17.1 Å². The number of aliphatic hydroxyl groups is 1. The van der Waals surface area contributed by atoms with Crippen molar-refractivity contribution in [3.8, 4) is 11.6 Å². The molecule has 1 amide bonds. The quantitative estimate of drug-likeness (QED) is 0.704. The van der Waals surface area contributed by atoms with Gasteiger partial charge >= 0.3 is 0 Å². The molecule has 1 aromatic carbocycles. The Morgan fingerprint density at radius 1 is 1.15 bits per heavy atom. The highest BCUT2D eigenvalue weighted by atomic mass is 16.5. The Morgan fingerprint density at radius 2 is 1.93 bits per heavy atom. The summed E-state index contributed by atoms with van der Waals surface area (Å²) >= 11 is 0. The minimum Gasteiger partial charge on any atom is -0.491 e. The SMILES string of the molecule is COc1cc2c(cn1)N(C)C(=O)CN2c1ccc(OCCOCCO)cc1. The van der Waals surface area contributed by atoms with Crippen molar-refractivity contribution in [3.05, 3.63) is 36.5 Å². The number of carbonyl (C=O) groups is 1. The first-order valence-electron chi connectivity index (χ1n) is 8.63. The van der Waals surface area contributed by atoms with Gasteiger partial charge in [0.15, 0.2) is 0 Å². The maximum absolute atomic E-state index is 12.4. The normalized spacial score (nSPS) is 13.5. The van der Waals surface area contributed by atoms with Crippen LogP contribution in [0.1, 0.15) is 0 Å². The van der Waals surface area contributed by atoms with Crippen LogP contribution in [-0.4, -0.2) is 63.1 Å². The van der Waals surface area contributed by atoms with Crippen LogP contribution in [0, 0.1) is 0 Å². The number of carbonyl (C=O) groups excluding carboxylic acids is 1. The van der Waals surface area contributed by atoms with Crippen LogP contribution in [0.15, 0.2) is 36.5 Å². The van der Waals surface area contributed by atoms with E-state index in [2.05, 4.69) is 4.98 Å². The molecule has 1 N–H and O–H groups in total. The zero-order valence-electron chi connectivity index (χ0n) is 15.4. The molecule has 1 aromatic heterocycles. The average Bonchev–Trinajstić information content (AvgIpc) is 2.70. The monoisotopic (exact) mass is 373 g/mol. The molecule has 8 nitrogen and oxygen atoms in total. The van der Waals surface area contributed by atoms with E-state index in [9.17, 15) is 4.79 Å². The number of nitrogens with zero attached hydrogens (tertiary/aromatic N) is 3. The molecule has 0 spiro atoms. The number of pyridine rings is 1. The van der Waals surface area contributed by atoms with Crippen molar-refractivity contribution < 1.29 is 24.1 Å². The van der Waals surface area contributed by atoms with Crippen LogP contribution in [0.25, 0.3) is 0 Å².